The van der Waals surface area contributed by atoms with E-state index in [0.717, 1.165) is 44.6 Å². The number of hydrogen-bond donors (Lipinski definition) is 3. The molecule has 3 N–H and O–H groups in total. The highest BCUT2D eigenvalue weighted by molar-refractivity contribution is 7.89. The van der Waals surface area contributed by atoms with Gasteiger partial charge in [0.05, 0.1) is 16.3 Å². The predicted octanol–water partition coefficient (Wildman–Crippen LogP) is 2.48. The summed E-state index contributed by atoms with van der Waals surface area (Å²) >= 11 is 0. The molecule has 0 atom stereocenters. The zero-order valence-electron chi connectivity index (χ0n) is 16.5. The van der Waals surface area contributed by atoms with Crippen molar-refractivity contribution in [1.82, 2.24) is 9.62 Å². The average molecular weight is 397 g/mol. The van der Waals surface area contributed by atoms with Crippen LogP contribution in [0.1, 0.15) is 40.0 Å². The van der Waals surface area contributed by atoms with Crippen LogP contribution in [0.4, 0.5) is 11.4 Å². The topological polar surface area (TPSA) is 90.5 Å². The Hall–Kier alpha value is -1.64. The molecule has 1 aliphatic rings. The van der Waals surface area contributed by atoms with Crippen LogP contribution in [-0.4, -0.2) is 51.4 Å². The molecule has 1 amide bonds. The van der Waals surface area contributed by atoms with Gasteiger partial charge in [-0.05, 0) is 50.6 Å². The van der Waals surface area contributed by atoms with E-state index in [2.05, 4.69) is 22.9 Å². The SMILES string of the molecule is CCCNc1ccc(S(=O)(=O)N(CC)CC)cc1NC(=O)C1CCNCC1. The summed E-state index contributed by atoms with van der Waals surface area (Å²) < 4.78 is 27.1. The minimum Gasteiger partial charge on any atom is -0.383 e. The van der Waals surface area contributed by atoms with Crippen LogP contribution >= 0.6 is 0 Å². The molecule has 1 aromatic rings. The monoisotopic (exact) mass is 396 g/mol. The summed E-state index contributed by atoms with van der Waals surface area (Å²) in [6.45, 7) is 8.91. The van der Waals surface area contributed by atoms with Gasteiger partial charge >= 0.3 is 0 Å². The highest BCUT2D eigenvalue weighted by Crippen LogP contribution is 2.28. The molecule has 0 saturated carbocycles. The van der Waals surface area contributed by atoms with Crippen LogP contribution in [0.2, 0.25) is 0 Å². The van der Waals surface area contributed by atoms with Gasteiger partial charge in [-0.25, -0.2) is 8.42 Å². The fourth-order valence-electron chi connectivity index (χ4n) is 3.23. The number of carbonyl (C=O) groups is 1. The van der Waals surface area contributed by atoms with Crippen molar-refractivity contribution in [2.75, 3.05) is 43.4 Å². The third kappa shape index (κ3) is 5.43. The van der Waals surface area contributed by atoms with E-state index in [0.29, 0.717) is 18.8 Å². The quantitative estimate of drug-likeness (QED) is 0.597. The zero-order chi connectivity index (χ0) is 19.9. The smallest absolute Gasteiger partial charge is 0.243 e. The van der Waals surface area contributed by atoms with Crippen molar-refractivity contribution >= 4 is 27.3 Å². The van der Waals surface area contributed by atoms with Crippen molar-refractivity contribution in [1.29, 1.82) is 0 Å². The van der Waals surface area contributed by atoms with Crippen LogP contribution in [0.15, 0.2) is 23.1 Å². The largest absolute Gasteiger partial charge is 0.383 e. The lowest BCUT2D eigenvalue weighted by atomic mass is 9.97. The number of nitrogens with one attached hydrogen (secondary N) is 3. The summed E-state index contributed by atoms with van der Waals surface area (Å²) in [4.78, 5) is 12.9. The Kier molecular flexibility index (Phi) is 8.07. The molecule has 1 saturated heterocycles. The normalized spacial score (nSPS) is 15.7. The highest BCUT2D eigenvalue weighted by atomic mass is 32.2. The lowest BCUT2D eigenvalue weighted by Gasteiger charge is -2.23. The number of hydrogen-bond acceptors (Lipinski definition) is 5. The maximum atomic E-state index is 12.8. The number of anilines is 2. The highest BCUT2D eigenvalue weighted by Gasteiger charge is 2.25. The average Bonchev–Trinajstić information content (AvgIpc) is 2.68. The molecule has 7 nitrogen and oxygen atoms in total. The maximum Gasteiger partial charge on any atom is 0.243 e. The number of amides is 1. The minimum absolute atomic E-state index is 0.0477. The van der Waals surface area contributed by atoms with E-state index in [4.69, 9.17) is 0 Å². The first-order valence-corrected chi connectivity index (χ1v) is 11.3. The zero-order valence-corrected chi connectivity index (χ0v) is 17.4. The fraction of sp³-hybridized carbons (Fsp3) is 0.632. The molecule has 1 heterocycles. The summed E-state index contributed by atoms with van der Waals surface area (Å²) in [6, 6.07) is 4.92. The van der Waals surface area contributed by atoms with Crippen molar-refractivity contribution < 1.29 is 13.2 Å². The molecule has 0 radical (unpaired) electrons. The molecule has 1 aromatic carbocycles. The third-order valence-electron chi connectivity index (χ3n) is 4.87. The predicted molar refractivity (Wildman–Crippen MR) is 110 cm³/mol. The second-order valence-electron chi connectivity index (χ2n) is 6.74. The number of benzene rings is 1. The molecule has 2 rings (SSSR count). The van der Waals surface area contributed by atoms with Crippen LogP contribution in [0, 0.1) is 5.92 Å². The number of piperidine rings is 1. The molecule has 0 spiro atoms. The van der Waals surface area contributed by atoms with E-state index in [1.807, 2.05) is 13.8 Å². The summed E-state index contributed by atoms with van der Waals surface area (Å²) in [5.41, 5.74) is 1.28. The van der Waals surface area contributed by atoms with E-state index in [1.165, 1.54) is 4.31 Å². The lowest BCUT2D eigenvalue weighted by molar-refractivity contribution is -0.120. The van der Waals surface area contributed by atoms with Gasteiger partial charge in [0.15, 0.2) is 0 Å². The second kappa shape index (κ2) is 10.1. The summed E-state index contributed by atoms with van der Waals surface area (Å²) in [7, 11) is -3.58. The van der Waals surface area contributed by atoms with Crippen molar-refractivity contribution in [3.8, 4) is 0 Å². The number of sulfonamides is 1. The van der Waals surface area contributed by atoms with Gasteiger partial charge in [0, 0.05) is 25.6 Å². The van der Waals surface area contributed by atoms with Crippen molar-refractivity contribution in [2.45, 2.75) is 44.9 Å². The first-order valence-electron chi connectivity index (χ1n) is 9.83. The molecule has 27 heavy (non-hydrogen) atoms. The minimum atomic E-state index is -3.58. The Bertz CT molecular complexity index is 726. The van der Waals surface area contributed by atoms with Gasteiger partial charge in [0.1, 0.15) is 0 Å². The van der Waals surface area contributed by atoms with Crippen molar-refractivity contribution in [3.63, 3.8) is 0 Å². The van der Waals surface area contributed by atoms with Crippen molar-refractivity contribution in [3.05, 3.63) is 18.2 Å². The van der Waals surface area contributed by atoms with E-state index in [-0.39, 0.29) is 16.7 Å². The van der Waals surface area contributed by atoms with Gasteiger partial charge in [-0.3, -0.25) is 4.79 Å². The summed E-state index contributed by atoms with van der Waals surface area (Å²) in [6.07, 6.45) is 2.52. The first-order chi connectivity index (χ1) is 12.9. The molecule has 1 aliphatic heterocycles. The number of nitrogens with zero attached hydrogens (tertiary/aromatic N) is 1. The molecular weight excluding hydrogens is 364 g/mol. The van der Waals surface area contributed by atoms with E-state index < -0.39 is 10.0 Å². The lowest BCUT2D eigenvalue weighted by Crippen LogP contribution is -2.35. The Labute approximate surface area is 163 Å². The van der Waals surface area contributed by atoms with Crippen molar-refractivity contribution in [2.24, 2.45) is 5.92 Å². The molecule has 1 fully saturated rings. The van der Waals surface area contributed by atoms with Gasteiger partial charge in [-0.15, -0.1) is 0 Å². The van der Waals surface area contributed by atoms with Gasteiger partial charge < -0.3 is 16.0 Å². The Morgan fingerprint density at radius 1 is 1.15 bits per heavy atom. The summed E-state index contributed by atoms with van der Waals surface area (Å²) in [5.74, 6) is -0.0956. The summed E-state index contributed by atoms with van der Waals surface area (Å²) in [5, 5.41) is 9.49. The van der Waals surface area contributed by atoms with Crippen LogP contribution < -0.4 is 16.0 Å². The van der Waals surface area contributed by atoms with Crippen LogP contribution in [-0.2, 0) is 14.8 Å². The number of carbonyl (C=O) groups excluding carboxylic acids is 1. The maximum absolute atomic E-state index is 12.8. The molecule has 152 valence electrons. The van der Waals surface area contributed by atoms with Crippen LogP contribution in [0.5, 0.6) is 0 Å². The molecule has 0 aliphatic carbocycles. The standard InChI is InChI=1S/C19H32N4O3S/c1-4-11-21-17-8-7-16(27(25,26)23(5-2)6-3)14-18(17)22-19(24)15-9-12-20-13-10-15/h7-8,14-15,20-21H,4-6,9-13H2,1-3H3,(H,22,24). The van der Waals surface area contributed by atoms with E-state index >= 15 is 0 Å². The Balaban J connectivity index is 2.32. The van der Waals surface area contributed by atoms with Crippen LogP contribution in [0.25, 0.3) is 0 Å². The fourth-order valence-corrected chi connectivity index (χ4v) is 4.72. The number of rotatable bonds is 9. The van der Waals surface area contributed by atoms with Crippen LogP contribution in [0.3, 0.4) is 0 Å². The Morgan fingerprint density at radius 2 is 1.81 bits per heavy atom. The molecule has 0 aromatic heterocycles. The van der Waals surface area contributed by atoms with Gasteiger partial charge in [-0.1, -0.05) is 20.8 Å². The molecule has 0 unspecified atom stereocenters. The van der Waals surface area contributed by atoms with E-state index in [9.17, 15) is 13.2 Å². The van der Waals surface area contributed by atoms with Gasteiger partial charge in [-0.2, -0.15) is 4.31 Å². The first kappa shape index (κ1) is 21.7. The Morgan fingerprint density at radius 3 is 2.41 bits per heavy atom. The molecule has 0 bridgehead atoms. The van der Waals surface area contributed by atoms with E-state index in [1.54, 1.807) is 18.2 Å². The molecule has 8 heteroatoms. The molecular formula is C19H32N4O3S. The second-order valence-corrected chi connectivity index (χ2v) is 8.67. The third-order valence-corrected chi connectivity index (χ3v) is 6.91. The van der Waals surface area contributed by atoms with Gasteiger partial charge in [0.25, 0.3) is 0 Å². The van der Waals surface area contributed by atoms with Gasteiger partial charge in [0.2, 0.25) is 15.9 Å².